The smallest absolute Gasteiger partial charge is 0.224 e. The van der Waals surface area contributed by atoms with Crippen molar-refractivity contribution in [1.82, 2.24) is 0 Å². The van der Waals surface area contributed by atoms with Crippen molar-refractivity contribution in [3.8, 4) is 0 Å². The molecule has 0 aliphatic heterocycles. The molecule has 1 aromatic carbocycles. The molecule has 0 bridgehead atoms. The zero-order valence-electron chi connectivity index (χ0n) is 12.1. The summed E-state index contributed by atoms with van der Waals surface area (Å²) in [6.07, 6.45) is 2.77. The molecule has 1 saturated carbocycles. The van der Waals surface area contributed by atoms with E-state index in [2.05, 4.69) is 10.5 Å². The fraction of sp³-hybridized carbons (Fsp3) is 0.467. The average molecular weight is 291 g/mol. The van der Waals surface area contributed by atoms with Crippen molar-refractivity contribution in [3.63, 3.8) is 0 Å². The third-order valence-electron chi connectivity index (χ3n) is 3.64. The first-order valence-corrected chi connectivity index (χ1v) is 7.11. The molecule has 1 aromatic rings. The third-order valence-corrected chi connectivity index (χ3v) is 3.64. The van der Waals surface area contributed by atoms with E-state index in [0.29, 0.717) is 29.7 Å². The number of oxime groups is 1. The molecular weight excluding hydrogens is 270 g/mol. The lowest BCUT2D eigenvalue weighted by Crippen LogP contribution is -2.33. The van der Waals surface area contributed by atoms with Crippen LogP contribution in [0, 0.1) is 5.92 Å². The highest BCUT2D eigenvalue weighted by Crippen LogP contribution is 2.32. The molecule has 6 nitrogen and oxygen atoms in total. The summed E-state index contributed by atoms with van der Waals surface area (Å²) in [7, 11) is 0. The van der Waals surface area contributed by atoms with Crippen LogP contribution in [0.25, 0.3) is 0 Å². The van der Waals surface area contributed by atoms with Gasteiger partial charge in [-0.3, -0.25) is 4.79 Å². The summed E-state index contributed by atoms with van der Waals surface area (Å²) in [6, 6.07) is 6.85. The quantitative estimate of drug-likeness (QED) is 0.323. The van der Waals surface area contributed by atoms with E-state index >= 15 is 0 Å². The number of ether oxygens (including phenoxy) is 1. The minimum Gasteiger partial charge on any atom is -0.409 e. The lowest BCUT2D eigenvalue weighted by Gasteiger charge is -2.34. The van der Waals surface area contributed by atoms with Crippen LogP contribution in [0.1, 0.15) is 31.7 Å². The van der Waals surface area contributed by atoms with Crippen LogP contribution in [0.5, 0.6) is 0 Å². The Labute approximate surface area is 124 Å². The highest BCUT2D eigenvalue weighted by Gasteiger charge is 2.30. The Balaban J connectivity index is 1.78. The topological polar surface area (TPSA) is 96.9 Å². The second-order valence-electron chi connectivity index (χ2n) is 5.23. The van der Waals surface area contributed by atoms with Gasteiger partial charge in [-0.1, -0.05) is 5.16 Å². The van der Waals surface area contributed by atoms with Gasteiger partial charge >= 0.3 is 0 Å². The number of rotatable bonds is 6. The van der Waals surface area contributed by atoms with Crippen LogP contribution in [0.4, 0.5) is 5.69 Å². The number of amides is 1. The Kier molecular flexibility index (Phi) is 5.16. The molecule has 0 spiro atoms. The van der Waals surface area contributed by atoms with Gasteiger partial charge in [0.2, 0.25) is 5.91 Å². The molecule has 1 fully saturated rings. The number of nitrogens with zero attached hydrogens (tertiary/aromatic N) is 1. The maximum Gasteiger partial charge on any atom is 0.224 e. The summed E-state index contributed by atoms with van der Waals surface area (Å²) in [5.74, 6) is 0.466. The van der Waals surface area contributed by atoms with E-state index in [-0.39, 0.29) is 11.7 Å². The highest BCUT2D eigenvalue weighted by molar-refractivity contribution is 5.98. The Hall–Kier alpha value is -2.08. The van der Waals surface area contributed by atoms with Gasteiger partial charge in [-0.25, -0.2) is 0 Å². The van der Waals surface area contributed by atoms with E-state index in [9.17, 15) is 4.79 Å². The molecule has 0 atom stereocenters. The molecule has 1 aliphatic carbocycles. The second-order valence-corrected chi connectivity index (χ2v) is 5.23. The third kappa shape index (κ3) is 4.19. The number of carbonyl (C=O) groups excluding carboxylic acids is 1. The summed E-state index contributed by atoms with van der Waals surface area (Å²) in [5.41, 5.74) is 6.78. The predicted molar refractivity (Wildman–Crippen MR) is 80.3 cm³/mol. The summed E-state index contributed by atoms with van der Waals surface area (Å²) in [4.78, 5) is 11.9. The van der Waals surface area contributed by atoms with Crippen LogP contribution in [-0.4, -0.2) is 29.7 Å². The SMILES string of the molecule is CCOC1CC(CC(=O)Nc2ccc(/C(N)=N/O)cc2)C1. The van der Waals surface area contributed by atoms with Gasteiger partial charge < -0.3 is 21.0 Å². The van der Waals surface area contributed by atoms with Gasteiger partial charge in [-0.05, 0) is 49.9 Å². The van der Waals surface area contributed by atoms with Crippen LogP contribution in [0.2, 0.25) is 0 Å². The van der Waals surface area contributed by atoms with Gasteiger partial charge in [0.25, 0.3) is 0 Å². The average Bonchev–Trinajstić information content (AvgIpc) is 2.45. The normalized spacial score (nSPS) is 21.7. The van der Waals surface area contributed by atoms with Crippen LogP contribution in [0.15, 0.2) is 29.4 Å². The Bertz CT molecular complexity index is 507. The predicted octanol–water partition coefficient (Wildman–Crippen LogP) is 1.92. The number of benzene rings is 1. The zero-order valence-corrected chi connectivity index (χ0v) is 12.1. The molecule has 0 radical (unpaired) electrons. The monoisotopic (exact) mass is 291 g/mol. The van der Waals surface area contributed by atoms with Gasteiger partial charge in [0.15, 0.2) is 5.84 Å². The Morgan fingerprint density at radius 1 is 1.43 bits per heavy atom. The van der Waals surface area contributed by atoms with Crippen molar-refractivity contribution in [2.75, 3.05) is 11.9 Å². The van der Waals surface area contributed by atoms with Gasteiger partial charge in [-0.15, -0.1) is 0 Å². The molecule has 0 unspecified atom stereocenters. The van der Waals surface area contributed by atoms with Crippen molar-refractivity contribution < 1.29 is 14.7 Å². The maximum atomic E-state index is 11.9. The lowest BCUT2D eigenvalue weighted by atomic mass is 9.80. The van der Waals surface area contributed by atoms with Crippen molar-refractivity contribution in [2.45, 2.75) is 32.3 Å². The molecule has 6 heteroatoms. The van der Waals surface area contributed by atoms with Crippen LogP contribution in [-0.2, 0) is 9.53 Å². The molecule has 0 saturated heterocycles. The van der Waals surface area contributed by atoms with E-state index in [1.165, 1.54) is 0 Å². The van der Waals surface area contributed by atoms with Gasteiger partial charge in [-0.2, -0.15) is 0 Å². The van der Waals surface area contributed by atoms with Crippen molar-refractivity contribution >= 4 is 17.4 Å². The molecule has 21 heavy (non-hydrogen) atoms. The number of carbonyl (C=O) groups is 1. The first kappa shape index (κ1) is 15.3. The molecule has 1 amide bonds. The van der Waals surface area contributed by atoms with Gasteiger partial charge in [0, 0.05) is 24.3 Å². The number of amidine groups is 1. The van der Waals surface area contributed by atoms with E-state index in [1.807, 2.05) is 6.92 Å². The van der Waals surface area contributed by atoms with Gasteiger partial charge in [0.05, 0.1) is 6.10 Å². The minimum atomic E-state index is 0.00601. The van der Waals surface area contributed by atoms with E-state index < -0.39 is 0 Å². The molecule has 1 aliphatic rings. The number of anilines is 1. The fourth-order valence-electron chi connectivity index (χ4n) is 2.47. The molecule has 4 N–H and O–H groups in total. The van der Waals surface area contributed by atoms with E-state index in [0.717, 1.165) is 19.4 Å². The second kappa shape index (κ2) is 7.08. The maximum absolute atomic E-state index is 11.9. The van der Waals surface area contributed by atoms with E-state index in [1.54, 1.807) is 24.3 Å². The number of hydrogen-bond acceptors (Lipinski definition) is 4. The van der Waals surface area contributed by atoms with Crippen LogP contribution < -0.4 is 11.1 Å². The summed E-state index contributed by atoms with van der Waals surface area (Å²) in [5, 5.41) is 14.4. The lowest BCUT2D eigenvalue weighted by molar-refractivity contribution is -0.119. The fourth-order valence-corrected chi connectivity index (χ4v) is 2.47. The largest absolute Gasteiger partial charge is 0.409 e. The Morgan fingerprint density at radius 2 is 2.10 bits per heavy atom. The van der Waals surface area contributed by atoms with Gasteiger partial charge in [0.1, 0.15) is 0 Å². The standard InChI is InChI=1S/C15H21N3O3/c1-2-21-13-7-10(8-13)9-14(19)17-12-5-3-11(4-6-12)15(16)18-20/h3-6,10,13,20H,2,7-9H2,1H3,(H2,16,18)(H,17,19). The Morgan fingerprint density at radius 3 is 2.67 bits per heavy atom. The molecule has 114 valence electrons. The first-order valence-electron chi connectivity index (χ1n) is 7.11. The molecule has 0 aromatic heterocycles. The zero-order chi connectivity index (χ0) is 15.2. The summed E-state index contributed by atoms with van der Waals surface area (Å²) in [6.45, 7) is 2.72. The van der Waals surface area contributed by atoms with Crippen molar-refractivity contribution in [1.29, 1.82) is 0 Å². The summed E-state index contributed by atoms with van der Waals surface area (Å²) < 4.78 is 5.48. The number of nitrogens with one attached hydrogen (secondary N) is 1. The first-order chi connectivity index (χ1) is 10.1. The van der Waals surface area contributed by atoms with Crippen molar-refractivity contribution in [2.24, 2.45) is 16.8 Å². The van der Waals surface area contributed by atoms with Crippen LogP contribution in [0.3, 0.4) is 0 Å². The van der Waals surface area contributed by atoms with E-state index in [4.69, 9.17) is 15.7 Å². The molecular formula is C15H21N3O3. The number of hydrogen-bond donors (Lipinski definition) is 3. The summed E-state index contributed by atoms with van der Waals surface area (Å²) >= 11 is 0. The molecule has 2 rings (SSSR count). The molecule has 0 heterocycles. The highest BCUT2D eigenvalue weighted by atomic mass is 16.5. The van der Waals surface area contributed by atoms with Crippen LogP contribution >= 0.6 is 0 Å². The van der Waals surface area contributed by atoms with Crippen molar-refractivity contribution in [3.05, 3.63) is 29.8 Å². The minimum absolute atomic E-state index is 0.00601. The number of nitrogens with two attached hydrogens (primary N) is 1.